The zero-order chi connectivity index (χ0) is 17.8. The molecule has 1 atom stereocenters. The lowest BCUT2D eigenvalue weighted by molar-refractivity contribution is -0.122. The lowest BCUT2D eigenvalue weighted by atomic mass is 10.1. The number of nitrogens with zero attached hydrogens (tertiary/aromatic N) is 2. The van der Waals surface area contributed by atoms with Crippen LogP contribution in [0.4, 0.5) is 5.69 Å². The number of aromatic nitrogens is 2. The van der Waals surface area contributed by atoms with Crippen LogP contribution < -0.4 is 10.1 Å². The topological polar surface area (TPSA) is 77.2 Å². The van der Waals surface area contributed by atoms with Crippen molar-refractivity contribution in [2.75, 3.05) is 5.32 Å². The summed E-state index contributed by atoms with van der Waals surface area (Å²) >= 11 is 0. The molecule has 1 amide bonds. The maximum atomic E-state index is 12.4. The van der Waals surface area contributed by atoms with Crippen LogP contribution in [0.5, 0.6) is 5.75 Å². The normalized spacial score (nSPS) is 11.8. The van der Waals surface area contributed by atoms with Gasteiger partial charge in [0.1, 0.15) is 5.75 Å². The van der Waals surface area contributed by atoms with Gasteiger partial charge in [0.25, 0.3) is 5.91 Å². The van der Waals surface area contributed by atoms with E-state index in [1.165, 1.54) is 6.39 Å². The monoisotopic (exact) mass is 337 g/mol. The Kier molecular flexibility index (Phi) is 4.79. The molecule has 2 aromatic carbocycles. The van der Waals surface area contributed by atoms with E-state index < -0.39 is 6.10 Å². The second kappa shape index (κ2) is 7.17. The fourth-order valence-corrected chi connectivity index (χ4v) is 2.34. The highest BCUT2D eigenvalue weighted by atomic mass is 16.5. The first-order valence-corrected chi connectivity index (χ1v) is 7.94. The highest BCUT2D eigenvalue weighted by molar-refractivity contribution is 5.94. The molecule has 0 bridgehead atoms. The molecule has 3 rings (SSSR count). The summed E-state index contributed by atoms with van der Waals surface area (Å²) in [4.78, 5) is 12.4. The zero-order valence-electron chi connectivity index (χ0n) is 14.3. The first-order chi connectivity index (χ1) is 12.0. The highest BCUT2D eigenvalue weighted by Crippen LogP contribution is 2.21. The van der Waals surface area contributed by atoms with Gasteiger partial charge in [-0.1, -0.05) is 12.1 Å². The molecule has 25 heavy (non-hydrogen) atoms. The number of amides is 1. The minimum atomic E-state index is -0.630. The Balaban J connectivity index is 1.64. The average molecular weight is 337 g/mol. The highest BCUT2D eigenvalue weighted by Gasteiger charge is 2.16. The molecular weight excluding hydrogens is 318 g/mol. The minimum Gasteiger partial charge on any atom is -0.481 e. The smallest absolute Gasteiger partial charge is 0.265 e. The molecule has 128 valence electrons. The van der Waals surface area contributed by atoms with Gasteiger partial charge in [0, 0.05) is 11.3 Å². The Hall–Kier alpha value is -3.15. The maximum absolute atomic E-state index is 12.4. The van der Waals surface area contributed by atoms with E-state index in [1.807, 2.05) is 32.0 Å². The predicted molar refractivity (Wildman–Crippen MR) is 94.4 cm³/mol. The van der Waals surface area contributed by atoms with E-state index in [4.69, 9.17) is 9.15 Å². The molecule has 1 aromatic heterocycles. The van der Waals surface area contributed by atoms with E-state index in [9.17, 15) is 4.79 Å². The van der Waals surface area contributed by atoms with E-state index in [0.717, 1.165) is 22.4 Å². The number of benzene rings is 2. The van der Waals surface area contributed by atoms with Crippen LogP contribution in [0.15, 0.2) is 53.3 Å². The van der Waals surface area contributed by atoms with Gasteiger partial charge in [-0.2, -0.15) is 0 Å². The number of hydrogen-bond donors (Lipinski definition) is 1. The molecule has 0 aliphatic rings. The van der Waals surface area contributed by atoms with Gasteiger partial charge in [0.15, 0.2) is 6.10 Å². The van der Waals surface area contributed by atoms with Crippen molar-refractivity contribution in [2.45, 2.75) is 26.9 Å². The standard InChI is InChI=1S/C19H19N3O3/c1-12-4-5-13(2)17(10-12)21-18(23)14(3)25-16-8-6-15(7-9-16)19-22-20-11-24-19/h4-11,14H,1-3H3,(H,21,23). The Labute approximate surface area is 145 Å². The summed E-state index contributed by atoms with van der Waals surface area (Å²) in [6, 6.07) is 13.1. The van der Waals surface area contributed by atoms with Crippen LogP contribution in [0.1, 0.15) is 18.1 Å². The maximum Gasteiger partial charge on any atom is 0.265 e. The summed E-state index contributed by atoms with van der Waals surface area (Å²) < 4.78 is 10.9. The van der Waals surface area contributed by atoms with Gasteiger partial charge in [0.05, 0.1) is 0 Å². The van der Waals surface area contributed by atoms with Crippen LogP contribution in [0, 0.1) is 13.8 Å². The van der Waals surface area contributed by atoms with Crippen LogP contribution in [0.25, 0.3) is 11.5 Å². The van der Waals surface area contributed by atoms with E-state index in [-0.39, 0.29) is 5.91 Å². The largest absolute Gasteiger partial charge is 0.481 e. The first-order valence-electron chi connectivity index (χ1n) is 7.94. The number of ether oxygens (including phenoxy) is 1. The van der Waals surface area contributed by atoms with Crippen molar-refractivity contribution in [1.82, 2.24) is 10.2 Å². The molecule has 0 spiro atoms. The number of anilines is 1. The van der Waals surface area contributed by atoms with E-state index in [2.05, 4.69) is 15.5 Å². The van der Waals surface area contributed by atoms with Gasteiger partial charge in [0.2, 0.25) is 12.3 Å². The molecule has 0 aliphatic heterocycles. The van der Waals surface area contributed by atoms with Gasteiger partial charge < -0.3 is 14.5 Å². The number of nitrogens with one attached hydrogen (secondary N) is 1. The SMILES string of the molecule is Cc1ccc(C)c(NC(=O)C(C)Oc2ccc(-c3nnco3)cc2)c1. The van der Waals surface area contributed by atoms with Gasteiger partial charge in [-0.3, -0.25) is 4.79 Å². The summed E-state index contributed by atoms with van der Waals surface area (Å²) in [5.41, 5.74) is 3.69. The quantitative estimate of drug-likeness (QED) is 0.767. The first kappa shape index (κ1) is 16.7. The third kappa shape index (κ3) is 4.03. The molecule has 1 unspecified atom stereocenters. The molecule has 0 radical (unpaired) electrons. The molecule has 0 saturated heterocycles. The van der Waals surface area contributed by atoms with Crippen LogP contribution in [0.3, 0.4) is 0 Å². The van der Waals surface area contributed by atoms with Crippen molar-refractivity contribution in [3.63, 3.8) is 0 Å². The number of hydrogen-bond acceptors (Lipinski definition) is 5. The molecule has 0 fully saturated rings. The summed E-state index contributed by atoms with van der Waals surface area (Å²) in [5, 5.41) is 10.4. The fraction of sp³-hybridized carbons (Fsp3) is 0.211. The van der Waals surface area contributed by atoms with E-state index in [1.54, 1.807) is 31.2 Å². The number of carbonyl (C=O) groups is 1. The fourth-order valence-electron chi connectivity index (χ4n) is 2.34. The Morgan fingerprint density at radius 2 is 1.92 bits per heavy atom. The summed E-state index contributed by atoms with van der Waals surface area (Å²) in [6.07, 6.45) is 0.647. The van der Waals surface area contributed by atoms with Crippen molar-refractivity contribution in [3.8, 4) is 17.2 Å². The molecule has 6 nitrogen and oxygen atoms in total. The summed E-state index contributed by atoms with van der Waals surface area (Å²) in [5.74, 6) is 0.828. The Morgan fingerprint density at radius 3 is 2.60 bits per heavy atom. The van der Waals surface area contributed by atoms with Gasteiger partial charge in [-0.25, -0.2) is 0 Å². The van der Waals surface area contributed by atoms with Crippen LogP contribution in [-0.4, -0.2) is 22.2 Å². The second-order valence-electron chi connectivity index (χ2n) is 5.84. The van der Waals surface area contributed by atoms with Crippen molar-refractivity contribution in [3.05, 3.63) is 60.0 Å². The zero-order valence-corrected chi connectivity index (χ0v) is 14.3. The molecular formula is C19H19N3O3. The third-order valence-electron chi connectivity index (χ3n) is 3.79. The minimum absolute atomic E-state index is 0.199. The lowest BCUT2D eigenvalue weighted by Gasteiger charge is -2.16. The van der Waals surface area contributed by atoms with Crippen molar-refractivity contribution in [1.29, 1.82) is 0 Å². The molecule has 6 heteroatoms. The van der Waals surface area contributed by atoms with E-state index >= 15 is 0 Å². The number of carbonyl (C=O) groups excluding carboxylic acids is 1. The van der Waals surface area contributed by atoms with E-state index in [0.29, 0.717) is 11.6 Å². The van der Waals surface area contributed by atoms with Gasteiger partial charge >= 0.3 is 0 Å². The molecule has 1 N–H and O–H groups in total. The van der Waals surface area contributed by atoms with Gasteiger partial charge in [-0.15, -0.1) is 10.2 Å². The second-order valence-corrected chi connectivity index (χ2v) is 5.84. The summed E-state index contributed by atoms with van der Waals surface area (Å²) in [6.45, 7) is 5.66. The van der Waals surface area contributed by atoms with Crippen molar-refractivity contribution >= 4 is 11.6 Å². The van der Waals surface area contributed by atoms with Gasteiger partial charge in [-0.05, 0) is 62.2 Å². The predicted octanol–water partition coefficient (Wildman–Crippen LogP) is 3.76. The number of rotatable bonds is 5. The van der Waals surface area contributed by atoms with Crippen LogP contribution in [-0.2, 0) is 4.79 Å². The number of aryl methyl sites for hydroxylation is 2. The van der Waals surface area contributed by atoms with Crippen molar-refractivity contribution in [2.24, 2.45) is 0 Å². The lowest BCUT2D eigenvalue weighted by Crippen LogP contribution is -2.30. The molecule has 0 aliphatic carbocycles. The average Bonchev–Trinajstić information content (AvgIpc) is 3.13. The third-order valence-corrected chi connectivity index (χ3v) is 3.79. The summed E-state index contributed by atoms with van der Waals surface area (Å²) in [7, 11) is 0. The molecule has 0 saturated carbocycles. The molecule has 3 aromatic rings. The molecule has 1 heterocycles. The van der Waals surface area contributed by atoms with Crippen LogP contribution in [0.2, 0.25) is 0 Å². The van der Waals surface area contributed by atoms with Crippen molar-refractivity contribution < 1.29 is 13.9 Å². The van der Waals surface area contributed by atoms with Crippen LogP contribution >= 0.6 is 0 Å². The Bertz CT molecular complexity index is 858. The Morgan fingerprint density at radius 1 is 1.16 bits per heavy atom.